The molecule has 5 nitrogen and oxygen atoms in total. The van der Waals surface area contributed by atoms with Crippen LogP contribution in [0.25, 0.3) is 22.6 Å². The minimum absolute atomic E-state index is 0.477. The van der Waals surface area contributed by atoms with E-state index in [-0.39, 0.29) is 0 Å². The van der Waals surface area contributed by atoms with Gasteiger partial charge in [-0.15, -0.1) is 0 Å². The van der Waals surface area contributed by atoms with Crippen molar-refractivity contribution in [3.63, 3.8) is 0 Å². The Balaban J connectivity index is 2.00. The number of methoxy groups -OCH3 is 1. The molecule has 5 heteroatoms. The number of ether oxygens (including phenoxy) is 1. The van der Waals surface area contributed by atoms with E-state index in [4.69, 9.17) is 15.5 Å². The maximum Gasteiger partial charge on any atom is 0.160 e. The molecule has 1 saturated carbocycles. The third kappa shape index (κ3) is 1.93. The molecule has 0 saturated heterocycles. The van der Waals surface area contributed by atoms with E-state index in [2.05, 4.69) is 9.55 Å². The van der Waals surface area contributed by atoms with Gasteiger partial charge in [-0.3, -0.25) is 0 Å². The lowest BCUT2D eigenvalue weighted by molar-refractivity contribution is 0.415. The first-order valence-corrected chi connectivity index (χ1v) is 7.05. The van der Waals surface area contributed by atoms with E-state index >= 15 is 0 Å². The van der Waals surface area contributed by atoms with Crippen LogP contribution in [0, 0.1) is 0 Å². The van der Waals surface area contributed by atoms with Crippen LogP contribution in [0.15, 0.2) is 36.5 Å². The third-order valence-corrected chi connectivity index (χ3v) is 3.86. The van der Waals surface area contributed by atoms with Gasteiger partial charge in [-0.2, -0.15) is 0 Å². The Morgan fingerprint density at radius 2 is 2.14 bits per heavy atom. The molecule has 1 aliphatic rings. The molecule has 0 bridgehead atoms. The largest absolute Gasteiger partial charge is 0.497 e. The fraction of sp³-hybridized carbons (Fsp3) is 0.250. The molecule has 1 aliphatic carbocycles. The lowest BCUT2D eigenvalue weighted by Crippen LogP contribution is -2.01. The molecule has 21 heavy (non-hydrogen) atoms. The molecule has 0 amide bonds. The van der Waals surface area contributed by atoms with E-state index in [1.54, 1.807) is 7.11 Å². The van der Waals surface area contributed by atoms with Gasteiger partial charge in [-0.05, 0) is 43.2 Å². The average Bonchev–Trinajstić information content (AvgIpc) is 3.28. The number of hydrogen-bond donors (Lipinski definition) is 1. The summed E-state index contributed by atoms with van der Waals surface area (Å²) >= 11 is 0. The van der Waals surface area contributed by atoms with E-state index in [0.717, 1.165) is 28.3 Å². The fourth-order valence-electron chi connectivity index (χ4n) is 2.65. The van der Waals surface area contributed by atoms with E-state index in [0.29, 0.717) is 11.7 Å². The molecule has 106 valence electrons. The van der Waals surface area contributed by atoms with Crippen LogP contribution in [0.1, 0.15) is 18.9 Å². The Morgan fingerprint density at radius 3 is 2.90 bits per heavy atom. The Labute approximate surface area is 122 Å². The molecule has 2 N–H and O–H groups in total. The highest BCUT2D eigenvalue weighted by Gasteiger charge is 2.29. The van der Waals surface area contributed by atoms with Crippen LogP contribution in [0.4, 0.5) is 5.69 Å². The summed E-state index contributed by atoms with van der Waals surface area (Å²) in [7, 11) is 1.65. The number of hydrogen-bond acceptors (Lipinski definition) is 4. The first-order chi connectivity index (χ1) is 10.3. The topological polar surface area (TPSA) is 66.0 Å². The molecule has 2 aromatic heterocycles. The summed E-state index contributed by atoms with van der Waals surface area (Å²) in [5.74, 6) is 1.66. The first kappa shape index (κ1) is 12.2. The van der Waals surface area contributed by atoms with Gasteiger partial charge >= 0.3 is 0 Å². The Morgan fingerprint density at radius 1 is 1.29 bits per heavy atom. The van der Waals surface area contributed by atoms with Crippen LogP contribution in [0.3, 0.4) is 0 Å². The summed E-state index contributed by atoms with van der Waals surface area (Å²) in [6.07, 6.45) is 4.14. The van der Waals surface area contributed by atoms with Gasteiger partial charge in [0.05, 0.1) is 7.11 Å². The smallest absolute Gasteiger partial charge is 0.160 e. The van der Waals surface area contributed by atoms with Crippen molar-refractivity contribution in [2.24, 2.45) is 0 Å². The number of nitrogens with zero attached hydrogens (tertiary/aromatic N) is 3. The molecule has 3 aromatic rings. The van der Waals surface area contributed by atoms with Crippen LogP contribution in [-0.2, 0) is 0 Å². The highest BCUT2D eigenvalue weighted by atomic mass is 16.5. The molecular weight excluding hydrogens is 264 g/mol. The predicted molar refractivity (Wildman–Crippen MR) is 82.2 cm³/mol. The SMILES string of the molecule is COc1ccc(N)c(-c2nc3cccnc3n2C2CC2)c1. The van der Waals surface area contributed by atoms with Crippen molar-refractivity contribution >= 4 is 16.9 Å². The van der Waals surface area contributed by atoms with Gasteiger partial charge in [0.2, 0.25) is 0 Å². The van der Waals surface area contributed by atoms with Gasteiger partial charge in [0.1, 0.15) is 17.1 Å². The zero-order chi connectivity index (χ0) is 14.4. The van der Waals surface area contributed by atoms with Gasteiger partial charge in [-0.1, -0.05) is 0 Å². The van der Waals surface area contributed by atoms with Crippen molar-refractivity contribution in [3.8, 4) is 17.1 Å². The van der Waals surface area contributed by atoms with Crippen molar-refractivity contribution in [3.05, 3.63) is 36.5 Å². The van der Waals surface area contributed by atoms with Crippen molar-refractivity contribution in [2.75, 3.05) is 12.8 Å². The van der Waals surface area contributed by atoms with E-state index in [9.17, 15) is 0 Å². The van der Waals surface area contributed by atoms with Gasteiger partial charge in [0.15, 0.2) is 5.65 Å². The van der Waals surface area contributed by atoms with Crippen molar-refractivity contribution < 1.29 is 4.74 Å². The summed E-state index contributed by atoms with van der Waals surface area (Å²) < 4.78 is 7.52. The van der Waals surface area contributed by atoms with Crippen LogP contribution >= 0.6 is 0 Å². The highest BCUT2D eigenvalue weighted by Crippen LogP contribution is 2.42. The summed E-state index contributed by atoms with van der Waals surface area (Å²) in [5.41, 5.74) is 9.59. The highest BCUT2D eigenvalue weighted by molar-refractivity contribution is 5.82. The molecule has 2 heterocycles. The number of nitrogens with two attached hydrogens (primary N) is 1. The average molecular weight is 280 g/mol. The summed E-state index contributed by atoms with van der Waals surface area (Å²) in [6, 6.07) is 10.0. The number of benzene rings is 1. The number of fused-ring (bicyclic) bond motifs is 1. The zero-order valence-electron chi connectivity index (χ0n) is 11.8. The lowest BCUT2D eigenvalue weighted by Gasteiger charge is -2.10. The van der Waals surface area contributed by atoms with Gasteiger partial charge in [-0.25, -0.2) is 9.97 Å². The van der Waals surface area contributed by atoms with Crippen LogP contribution < -0.4 is 10.5 Å². The fourth-order valence-corrected chi connectivity index (χ4v) is 2.65. The number of nitrogen functional groups attached to an aromatic ring is 1. The quantitative estimate of drug-likeness (QED) is 0.749. The number of anilines is 1. The van der Waals surface area contributed by atoms with E-state index in [1.165, 1.54) is 12.8 Å². The number of imidazole rings is 1. The van der Waals surface area contributed by atoms with Crippen molar-refractivity contribution in [1.29, 1.82) is 0 Å². The number of aromatic nitrogens is 3. The minimum Gasteiger partial charge on any atom is -0.497 e. The normalized spacial score (nSPS) is 14.5. The maximum absolute atomic E-state index is 6.16. The van der Waals surface area contributed by atoms with Gasteiger partial charge < -0.3 is 15.0 Å². The number of rotatable bonds is 3. The Bertz CT molecular complexity index is 820. The molecule has 4 rings (SSSR count). The Kier molecular flexibility index (Phi) is 2.60. The van der Waals surface area contributed by atoms with Crippen molar-refractivity contribution in [2.45, 2.75) is 18.9 Å². The molecule has 1 fully saturated rings. The molecule has 0 radical (unpaired) electrons. The standard InChI is InChI=1S/C16H16N4O/c1-21-11-6-7-13(17)12(9-11)15-19-14-3-2-8-18-16(14)20(15)10-4-5-10/h2-3,6-10H,4-5,17H2,1H3. The molecule has 0 aliphatic heterocycles. The zero-order valence-corrected chi connectivity index (χ0v) is 11.8. The van der Waals surface area contributed by atoms with Gasteiger partial charge in [0, 0.05) is 23.5 Å². The monoisotopic (exact) mass is 280 g/mol. The summed E-state index contributed by atoms with van der Waals surface area (Å²) in [4.78, 5) is 9.23. The second-order valence-electron chi connectivity index (χ2n) is 5.34. The van der Waals surface area contributed by atoms with E-state index < -0.39 is 0 Å². The van der Waals surface area contributed by atoms with Crippen LogP contribution in [0.5, 0.6) is 5.75 Å². The van der Waals surface area contributed by atoms with Crippen LogP contribution in [-0.4, -0.2) is 21.6 Å². The van der Waals surface area contributed by atoms with Crippen molar-refractivity contribution in [1.82, 2.24) is 14.5 Å². The molecular formula is C16H16N4O. The third-order valence-electron chi connectivity index (χ3n) is 3.86. The second-order valence-corrected chi connectivity index (χ2v) is 5.34. The summed E-state index contributed by atoms with van der Waals surface area (Å²) in [5, 5.41) is 0. The second kappa shape index (κ2) is 4.48. The maximum atomic E-state index is 6.16. The first-order valence-electron chi connectivity index (χ1n) is 7.05. The molecule has 0 atom stereocenters. The predicted octanol–water partition coefficient (Wildman–Crippen LogP) is 3.02. The minimum atomic E-state index is 0.477. The molecule has 1 aromatic carbocycles. The van der Waals surface area contributed by atoms with Gasteiger partial charge in [0.25, 0.3) is 0 Å². The molecule has 0 spiro atoms. The Hall–Kier alpha value is -2.56. The lowest BCUT2D eigenvalue weighted by atomic mass is 10.1. The summed E-state index contributed by atoms with van der Waals surface area (Å²) in [6.45, 7) is 0. The van der Waals surface area contributed by atoms with Crippen LogP contribution in [0.2, 0.25) is 0 Å². The number of pyridine rings is 1. The molecule has 0 unspecified atom stereocenters. The van der Waals surface area contributed by atoms with E-state index in [1.807, 2.05) is 36.5 Å².